The lowest BCUT2D eigenvalue weighted by Gasteiger charge is -2.27. The zero-order valence-electron chi connectivity index (χ0n) is 15.4. The van der Waals surface area contributed by atoms with Crippen molar-refractivity contribution in [3.63, 3.8) is 0 Å². The van der Waals surface area contributed by atoms with Crippen LogP contribution in [0.4, 0.5) is 5.69 Å². The number of benzene rings is 2. The second-order valence-electron chi connectivity index (χ2n) is 6.41. The summed E-state index contributed by atoms with van der Waals surface area (Å²) in [7, 11) is 0. The van der Waals surface area contributed by atoms with Crippen molar-refractivity contribution in [2.45, 2.75) is 25.8 Å². The van der Waals surface area contributed by atoms with Gasteiger partial charge in [0.2, 0.25) is 0 Å². The molecule has 1 unspecified atom stereocenters. The third kappa shape index (κ3) is 4.69. The third-order valence-electron chi connectivity index (χ3n) is 4.65. The first-order valence-electron chi connectivity index (χ1n) is 9.36. The molecule has 1 aliphatic rings. The van der Waals surface area contributed by atoms with Crippen LogP contribution in [0, 0.1) is 0 Å². The van der Waals surface area contributed by atoms with Crippen molar-refractivity contribution in [2.24, 2.45) is 10.7 Å². The van der Waals surface area contributed by atoms with Crippen molar-refractivity contribution in [3.8, 4) is 5.75 Å². The number of nitrogens with two attached hydrogens (primary N) is 1. The molecule has 5 heteroatoms. The minimum Gasteiger partial charge on any atom is -0.493 e. The average Bonchev–Trinajstić information content (AvgIpc) is 2.69. The van der Waals surface area contributed by atoms with E-state index in [9.17, 15) is 0 Å². The molecule has 2 aromatic rings. The lowest BCUT2D eigenvalue weighted by molar-refractivity contribution is 0.262. The summed E-state index contributed by atoms with van der Waals surface area (Å²) in [6.45, 7) is 5.55. The normalized spacial score (nSPS) is 16.5. The predicted octanol–water partition coefficient (Wildman–Crippen LogP) is 3.33. The van der Waals surface area contributed by atoms with Crippen LogP contribution in [0.1, 0.15) is 31.4 Å². The maximum atomic E-state index is 6.11. The van der Waals surface area contributed by atoms with Gasteiger partial charge in [-0.25, -0.2) is 0 Å². The molecule has 3 N–H and O–H groups in total. The molecule has 0 aliphatic carbocycles. The molecule has 0 bridgehead atoms. The molecule has 1 aliphatic heterocycles. The van der Waals surface area contributed by atoms with Crippen LogP contribution in [-0.2, 0) is 0 Å². The van der Waals surface area contributed by atoms with Gasteiger partial charge in [-0.1, -0.05) is 36.4 Å². The summed E-state index contributed by atoms with van der Waals surface area (Å²) in [4.78, 5) is 6.86. The van der Waals surface area contributed by atoms with Crippen molar-refractivity contribution < 1.29 is 4.74 Å². The van der Waals surface area contributed by atoms with Gasteiger partial charge < -0.3 is 20.7 Å². The summed E-state index contributed by atoms with van der Waals surface area (Å²) in [5, 5.41) is 3.34. The van der Waals surface area contributed by atoms with E-state index in [4.69, 9.17) is 10.5 Å². The molecule has 0 amide bonds. The van der Waals surface area contributed by atoms with Gasteiger partial charge in [-0.05, 0) is 31.5 Å². The van der Waals surface area contributed by atoms with Gasteiger partial charge in [0.25, 0.3) is 0 Å². The van der Waals surface area contributed by atoms with Crippen molar-refractivity contribution in [1.82, 2.24) is 5.32 Å². The van der Waals surface area contributed by atoms with E-state index in [-0.39, 0.29) is 6.04 Å². The number of hydrogen-bond donors (Lipinski definition) is 2. The molecule has 0 radical (unpaired) electrons. The fourth-order valence-electron chi connectivity index (χ4n) is 3.29. The highest BCUT2D eigenvalue weighted by Crippen LogP contribution is 2.31. The molecule has 26 heavy (non-hydrogen) atoms. The van der Waals surface area contributed by atoms with Crippen molar-refractivity contribution in [2.75, 3.05) is 31.1 Å². The Morgan fingerprint density at radius 1 is 1.19 bits per heavy atom. The molecule has 0 aromatic heterocycles. The van der Waals surface area contributed by atoms with Crippen LogP contribution in [0.25, 0.3) is 0 Å². The number of nitrogens with zero attached hydrogens (tertiary/aromatic N) is 2. The topological polar surface area (TPSA) is 62.9 Å². The molecule has 5 nitrogen and oxygen atoms in total. The zero-order valence-corrected chi connectivity index (χ0v) is 15.4. The summed E-state index contributed by atoms with van der Waals surface area (Å²) in [6, 6.07) is 18.7. The average molecular weight is 352 g/mol. The van der Waals surface area contributed by atoms with Crippen molar-refractivity contribution >= 4 is 11.6 Å². The number of nitrogens with one attached hydrogen (secondary N) is 1. The second-order valence-corrected chi connectivity index (χ2v) is 6.41. The molecule has 1 heterocycles. The lowest BCUT2D eigenvalue weighted by Crippen LogP contribution is -2.37. The van der Waals surface area contributed by atoms with Gasteiger partial charge in [0.1, 0.15) is 5.75 Å². The van der Waals surface area contributed by atoms with Crippen LogP contribution in [0.3, 0.4) is 0 Å². The molecule has 1 atom stereocenters. The summed E-state index contributed by atoms with van der Waals surface area (Å²) in [5.41, 5.74) is 8.51. The van der Waals surface area contributed by atoms with Crippen LogP contribution in [0.5, 0.6) is 5.75 Å². The Hall–Kier alpha value is -2.69. The summed E-state index contributed by atoms with van der Waals surface area (Å²) in [6.07, 6.45) is 1.86. The zero-order chi connectivity index (χ0) is 18.2. The van der Waals surface area contributed by atoms with E-state index < -0.39 is 0 Å². The highest BCUT2D eigenvalue weighted by molar-refractivity contribution is 5.78. The van der Waals surface area contributed by atoms with E-state index in [2.05, 4.69) is 52.5 Å². The van der Waals surface area contributed by atoms with Crippen molar-refractivity contribution in [3.05, 3.63) is 60.2 Å². The minimum absolute atomic E-state index is 0.167. The number of aliphatic imine (C=N–C) groups is 1. The van der Waals surface area contributed by atoms with E-state index in [1.165, 1.54) is 5.69 Å². The number of fused-ring (bicyclic) bond motifs is 1. The largest absolute Gasteiger partial charge is 0.493 e. The van der Waals surface area contributed by atoms with Gasteiger partial charge in [-0.3, -0.25) is 4.99 Å². The number of ether oxygens (including phenoxy) is 1. The van der Waals surface area contributed by atoms with Gasteiger partial charge in [0.15, 0.2) is 5.96 Å². The molecule has 0 fully saturated rings. The predicted molar refractivity (Wildman–Crippen MR) is 108 cm³/mol. The van der Waals surface area contributed by atoms with E-state index in [0.717, 1.165) is 37.2 Å². The van der Waals surface area contributed by atoms with Gasteiger partial charge in [-0.15, -0.1) is 0 Å². The molecular formula is C21H28N4O. The molecule has 0 saturated heterocycles. The standard InChI is InChI=1S/C21H28N4O/c1-2-25(17-9-4-3-5-10-17)15-8-14-23-21(22)24-19-13-16-26-20-12-7-6-11-18(19)20/h3-7,9-12,19H,2,8,13-16H2,1H3,(H3,22,23,24). The Morgan fingerprint density at radius 3 is 2.77 bits per heavy atom. The maximum absolute atomic E-state index is 6.11. The van der Waals surface area contributed by atoms with Crippen LogP contribution in [0.2, 0.25) is 0 Å². The molecule has 0 saturated carbocycles. The maximum Gasteiger partial charge on any atom is 0.189 e. The highest BCUT2D eigenvalue weighted by Gasteiger charge is 2.21. The first kappa shape index (κ1) is 18.1. The van der Waals surface area contributed by atoms with Gasteiger partial charge in [0.05, 0.1) is 12.6 Å². The molecule has 138 valence electrons. The fourth-order valence-corrected chi connectivity index (χ4v) is 3.29. The fraction of sp³-hybridized carbons (Fsp3) is 0.381. The molecule has 2 aromatic carbocycles. The number of hydrogen-bond acceptors (Lipinski definition) is 3. The van der Waals surface area contributed by atoms with Crippen LogP contribution in [0.15, 0.2) is 59.6 Å². The number of para-hydroxylation sites is 2. The van der Waals surface area contributed by atoms with Crippen LogP contribution in [-0.4, -0.2) is 32.2 Å². The minimum atomic E-state index is 0.167. The summed E-state index contributed by atoms with van der Waals surface area (Å²) < 4.78 is 5.69. The van der Waals surface area contributed by atoms with Crippen molar-refractivity contribution in [1.29, 1.82) is 0 Å². The lowest BCUT2D eigenvalue weighted by atomic mass is 10.0. The number of anilines is 1. The summed E-state index contributed by atoms with van der Waals surface area (Å²) in [5.74, 6) is 1.44. The summed E-state index contributed by atoms with van der Waals surface area (Å²) >= 11 is 0. The van der Waals surface area contributed by atoms with Gasteiger partial charge >= 0.3 is 0 Å². The smallest absolute Gasteiger partial charge is 0.189 e. The number of rotatable bonds is 7. The Labute approximate surface area is 155 Å². The quantitative estimate of drug-likeness (QED) is 0.456. The first-order chi connectivity index (χ1) is 12.8. The Morgan fingerprint density at radius 2 is 1.96 bits per heavy atom. The molecular weight excluding hydrogens is 324 g/mol. The first-order valence-corrected chi connectivity index (χ1v) is 9.36. The monoisotopic (exact) mass is 352 g/mol. The number of guanidine groups is 1. The van der Waals surface area contributed by atoms with Crippen LogP contribution < -0.4 is 20.7 Å². The van der Waals surface area contributed by atoms with Crippen LogP contribution >= 0.6 is 0 Å². The SMILES string of the molecule is CCN(CCCN=C(N)NC1CCOc2ccccc21)c1ccccc1. The van der Waals surface area contributed by atoms with E-state index in [0.29, 0.717) is 19.1 Å². The van der Waals surface area contributed by atoms with Gasteiger partial charge in [0, 0.05) is 37.3 Å². The van der Waals surface area contributed by atoms with E-state index in [1.54, 1.807) is 0 Å². The Kier molecular flexibility index (Phi) is 6.36. The Bertz CT molecular complexity index is 717. The second kappa shape index (κ2) is 9.13. The molecule has 0 spiro atoms. The van der Waals surface area contributed by atoms with Gasteiger partial charge in [-0.2, -0.15) is 0 Å². The van der Waals surface area contributed by atoms with E-state index >= 15 is 0 Å². The highest BCUT2D eigenvalue weighted by atomic mass is 16.5. The Balaban J connectivity index is 1.49. The molecule has 3 rings (SSSR count). The third-order valence-corrected chi connectivity index (χ3v) is 4.65. The van der Waals surface area contributed by atoms with E-state index in [1.807, 2.05) is 24.3 Å².